The highest BCUT2D eigenvalue weighted by Crippen LogP contribution is 2.06. The zero-order chi connectivity index (χ0) is 13.1. The van der Waals surface area contributed by atoms with Crippen LogP contribution in [0.4, 0.5) is 0 Å². The van der Waals surface area contributed by atoms with Gasteiger partial charge in [-0.25, -0.2) is 13.4 Å². The standard InChI is InChI=1S/C8H13N3O5S/c1-2-11-3-7(9-5-11)17(15,16)10-6(4-12)8(13)14/h3,5-6,10,12H,2,4H2,1H3,(H,13,14). The third kappa shape index (κ3) is 3.25. The van der Waals surface area contributed by atoms with Crippen molar-refractivity contribution in [3.05, 3.63) is 12.5 Å². The van der Waals surface area contributed by atoms with E-state index in [1.165, 1.54) is 17.1 Å². The van der Waals surface area contributed by atoms with Gasteiger partial charge in [-0.2, -0.15) is 4.72 Å². The van der Waals surface area contributed by atoms with Crippen LogP contribution in [0.3, 0.4) is 0 Å². The van der Waals surface area contributed by atoms with E-state index in [-0.39, 0.29) is 5.03 Å². The Bertz CT molecular complexity index is 495. The van der Waals surface area contributed by atoms with Crippen LogP contribution < -0.4 is 4.72 Å². The van der Waals surface area contributed by atoms with Gasteiger partial charge in [0.05, 0.1) is 12.9 Å². The second-order valence-electron chi connectivity index (χ2n) is 3.24. The number of hydrogen-bond donors (Lipinski definition) is 3. The van der Waals surface area contributed by atoms with Crippen LogP contribution in [0.15, 0.2) is 17.6 Å². The van der Waals surface area contributed by atoms with Crippen molar-refractivity contribution in [1.29, 1.82) is 0 Å². The molecule has 3 N–H and O–H groups in total. The molecule has 8 nitrogen and oxygen atoms in total. The zero-order valence-electron chi connectivity index (χ0n) is 9.07. The number of imidazole rings is 1. The summed E-state index contributed by atoms with van der Waals surface area (Å²) in [6.07, 6.45) is 2.60. The Hall–Kier alpha value is -1.45. The van der Waals surface area contributed by atoms with Crippen molar-refractivity contribution < 1.29 is 23.4 Å². The maximum Gasteiger partial charge on any atom is 0.324 e. The minimum atomic E-state index is -4.03. The van der Waals surface area contributed by atoms with Crippen molar-refractivity contribution in [3.8, 4) is 0 Å². The molecule has 0 radical (unpaired) electrons. The van der Waals surface area contributed by atoms with Crippen LogP contribution in [0.25, 0.3) is 0 Å². The molecule has 0 amide bonds. The number of carbonyl (C=O) groups is 1. The molecule has 1 atom stereocenters. The van der Waals surface area contributed by atoms with E-state index in [1.54, 1.807) is 6.92 Å². The van der Waals surface area contributed by atoms with Crippen molar-refractivity contribution in [2.75, 3.05) is 6.61 Å². The molecule has 0 aromatic carbocycles. The van der Waals surface area contributed by atoms with Crippen LogP contribution in [0.2, 0.25) is 0 Å². The Kier molecular flexibility index (Phi) is 4.21. The third-order valence-electron chi connectivity index (χ3n) is 2.03. The van der Waals surface area contributed by atoms with E-state index in [2.05, 4.69) is 4.98 Å². The average Bonchev–Trinajstić information content (AvgIpc) is 2.74. The van der Waals surface area contributed by atoms with Gasteiger partial charge in [-0.15, -0.1) is 0 Å². The molecule has 1 unspecified atom stereocenters. The number of nitrogens with one attached hydrogen (secondary N) is 1. The van der Waals surface area contributed by atoms with Crippen molar-refractivity contribution in [3.63, 3.8) is 0 Å². The van der Waals surface area contributed by atoms with Gasteiger partial charge < -0.3 is 14.8 Å². The largest absolute Gasteiger partial charge is 0.480 e. The normalized spacial score (nSPS) is 13.5. The first kappa shape index (κ1) is 13.6. The molecule has 0 saturated heterocycles. The molecule has 9 heteroatoms. The molecular formula is C8H13N3O5S. The lowest BCUT2D eigenvalue weighted by atomic mass is 10.3. The first-order valence-electron chi connectivity index (χ1n) is 4.78. The monoisotopic (exact) mass is 263 g/mol. The minimum Gasteiger partial charge on any atom is -0.480 e. The van der Waals surface area contributed by atoms with E-state index in [0.717, 1.165) is 0 Å². The highest BCUT2D eigenvalue weighted by atomic mass is 32.2. The molecule has 0 spiro atoms. The quantitative estimate of drug-likeness (QED) is 0.582. The van der Waals surface area contributed by atoms with Gasteiger partial charge in [-0.1, -0.05) is 0 Å². The van der Waals surface area contributed by atoms with Crippen LogP contribution in [-0.4, -0.2) is 46.8 Å². The molecule has 0 bridgehead atoms. The predicted octanol–water partition coefficient (Wildman–Crippen LogP) is -1.37. The van der Waals surface area contributed by atoms with Crippen molar-refractivity contribution in [2.24, 2.45) is 0 Å². The summed E-state index contributed by atoms with van der Waals surface area (Å²) < 4.78 is 26.7. The average molecular weight is 263 g/mol. The lowest BCUT2D eigenvalue weighted by molar-refractivity contribution is -0.139. The van der Waals surface area contributed by atoms with Gasteiger partial charge in [0.25, 0.3) is 10.0 Å². The van der Waals surface area contributed by atoms with Crippen molar-refractivity contribution >= 4 is 16.0 Å². The van der Waals surface area contributed by atoms with Crippen LogP contribution in [0, 0.1) is 0 Å². The number of carboxylic acids is 1. The highest BCUT2D eigenvalue weighted by molar-refractivity contribution is 7.89. The fourth-order valence-electron chi connectivity index (χ4n) is 1.06. The number of aliphatic hydroxyl groups excluding tert-OH is 1. The van der Waals surface area contributed by atoms with Gasteiger partial charge in [0, 0.05) is 12.7 Å². The summed E-state index contributed by atoms with van der Waals surface area (Å²) in [5.74, 6) is -1.45. The molecule has 1 aromatic rings. The number of aliphatic hydroxyl groups is 1. The molecule has 0 aliphatic carbocycles. The molecule has 0 aliphatic rings. The molecule has 0 fully saturated rings. The third-order valence-corrected chi connectivity index (χ3v) is 3.38. The lowest BCUT2D eigenvalue weighted by Gasteiger charge is -2.10. The van der Waals surface area contributed by atoms with Gasteiger partial charge >= 0.3 is 5.97 Å². The van der Waals surface area contributed by atoms with Crippen LogP contribution in [0.1, 0.15) is 6.92 Å². The zero-order valence-corrected chi connectivity index (χ0v) is 9.88. The first-order chi connectivity index (χ1) is 7.90. The predicted molar refractivity (Wildman–Crippen MR) is 56.7 cm³/mol. The number of nitrogens with zero attached hydrogens (tertiary/aromatic N) is 2. The Balaban J connectivity index is 2.91. The summed E-state index contributed by atoms with van der Waals surface area (Å²) in [6, 6.07) is -1.58. The lowest BCUT2D eigenvalue weighted by Crippen LogP contribution is -2.43. The number of carboxylic acid groups (broad SMARTS) is 1. The first-order valence-corrected chi connectivity index (χ1v) is 6.26. The summed E-state index contributed by atoms with van der Waals surface area (Å²) >= 11 is 0. The molecular weight excluding hydrogens is 250 g/mol. The fourth-order valence-corrected chi connectivity index (χ4v) is 2.20. The molecule has 1 aromatic heterocycles. The van der Waals surface area contributed by atoms with Gasteiger partial charge in [0.15, 0.2) is 5.03 Å². The Morgan fingerprint density at radius 1 is 1.65 bits per heavy atom. The topological polar surface area (TPSA) is 122 Å². The second-order valence-corrected chi connectivity index (χ2v) is 4.90. The van der Waals surface area contributed by atoms with E-state index >= 15 is 0 Å². The molecule has 0 saturated carbocycles. The van der Waals surface area contributed by atoms with Crippen LogP contribution in [0.5, 0.6) is 0 Å². The van der Waals surface area contributed by atoms with Gasteiger partial charge in [-0.05, 0) is 6.92 Å². The van der Waals surface area contributed by atoms with Crippen molar-refractivity contribution in [1.82, 2.24) is 14.3 Å². The van der Waals surface area contributed by atoms with Gasteiger partial charge in [0.1, 0.15) is 6.04 Å². The number of sulfonamides is 1. The fraction of sp³-hybridized carbons (Fsp3) is 0.500. The number of rotatable bonds is 6. The van der Waals surface area contributed by atoms with Crippen LogP contribution >= 0.6 is 0 Å². The van der Waals surface area contributed by atoms with E-state index in [1.807, 2.05) is 4.72 Å². The molecule has 17 heavy (non-hydrogen) atoms. The summed E-state index contributed by atoms with van der Waals surface area (Å²) in [6.45, 7) is 1.52. The number of hydrogen-bond acceptors (Lipinski definition) is 5. The smallest absolute Gasteiger partial charge is 0.324 e. The molecule has 1 heterocycles. The second kappa shape index (κ2) is 5.25. The number of aliphatic carboxylic acids is 1. The van der Waals surface area contributed by atoms with E-state index < -0.39 is 28.6 Å². The van der Waals surface area contributed by atoms with Gasteiger partial charge in [0.2, 0.25) is 0 Å². The molecule has 96 valence electrons. The minimum absolute atomic E-state index is 0.279. The number of aromatic nitrogens is 2. The maximum absolute atomic E-state index is 11.7. The number of aryl methyl sites for hydroxylation is 1. The SMILES string of the molecule is CCn1cnc(S(=O)(=O)NC(CO)C(=O)O)c1. The summed E-state index contributed by atoms with van der Waals surface area (Å²) in [4.78, 5) is 14.2. The van der Waals surface area contributed by atoms with E-state index in [0.29, 0.717) is 6.54 Å². The summed E-state index contributed by atoms with van der Waals surface area (Å²) in [5, 5.41) is 17.1. The van der Waals surface area contributed by atoms with Crippen LogP contribution in [-0.2, 0) is 21.4 Å². The Morgan fingerprint density at radius 3 is 2.71 bits per heavy atom. The highest BCUT2D eigenvalue weighted by Gasteiger charge is 2.26. The Morgan fingerprint density at radius 2 is 2.29 bits per heavy atom. The van der Waals surface area contributed by atoms with Gasteiger partial charge in [-0.3, -0.25) is 4.79 Å². The summed E-state index contributed by atoms with van der Waals surface area (Å²) in [5.41, 5.74) is 0. The van der Waals surface area contributed by atoms with E-state index in [9.17, 15) is 13.2 Å². The molecule has 1 rings (SSSR count). The molecule has 0 aliphatic heterocycles. The Labute approximate surface area is 98.0 Å². The van der Waals surface area contributed by atoms with Crippen molar-refractivity contribution in [2.45, 2.75) is 24.5 Å². The summed E-state index contributed by atoms with van der Waals surface area (Å²) in [7, 11) is -4.03. The van der Waals surface area contributed by atoms with E-state index in [4.69, 9.17) is 10.2 Å². The maximum atomic E-state index is 11.7.